The molecule has 2 heterocycles. The van der Waals surface area contributed by atoms with E-state index in [2.05, 4.69) is 4.98 Å². The van der Waals surface area contributed by atoms with Crippen molar-refractivity contribution < 1.29 is 22.0 Å². The van der Waals surface area contributed by atoms with E-state index in [-0.39, 0.29) is 18.8 Å². The van der Waals surface area contributed by atoms with Gasteiger partial charge in [-0.25, -0.2) is 13.8 Å². The predicted octanol–water partition coefficient (Wildman–Crippen LogP) is 3.55. The van der Waals surface area contributed by atoms with Crippen molar-refractivity contribution in [2.75, 3.05) is 18.0 Å². The van der Waals surface area contributed by atoms with E-state index >= 15 is 0 Å². The maximum Gasteiger partial charge on any atom is 0.433 e. The highest BCUT2D eigenvalue weighted by molar-refractivity contribution is 14.1. The third kappa shape index (κ3) is 3.01. The van der Waals surface area contributed by atoms with Gasteiger partial charge in [-0.1, -0.05) is 0 Å². The third-order valence-corrected chi connectivity index (χ3v) is 3.18. The van der Waals surface area contributed by atoms with Crippen molar-refractivity contribution in [2.24, 2.45) is 0 Å². The lowest BCUT2D eigenvalue weighted by Gasteiger charge is -2.18. The summed E-state index contributed by atoms with van der Waals surface area (Å²) in [5, 5.41) is 0. The lowest BCUT2D eigenvalue weighted by molar-refractivity contribution is -0.141. The lowest BCUT2D eigenvalue weighted by Crippen LogP contribution is -2.26. The van der Waals surface area contributed by atoms with Crippen LogP contribution in [-0.2, 0) is 6.18 Å². The monoisotopic (exact) mass is 378 g/mol. The molecule has 1 aromatic rings. The Labute approximate surface area is 113 Å². The molecule has 1 aromatic heterocycles. The van der Waals surface area contributed by atoms with Crippen LogP contribution in [0.3, 0.4) is 0 Å². The summed E-state index contributed by atoms with van der Waals surface area (Å²) in [7, 11) is 0. The molecular formula is C10H8F5IN2. The first kappa shape index (κ1) is 13.8. The van der Waals surface area contributed by atoms with E-state index in [1.165, 1.54) is 11.0 Å². The maximum absolute atomic E-state index is 13.0. The number of nitrogens with zero attached hydrogens (tertiary/aromatic N) is 2. The molecule has 100 valence electrons. The molecule has 1 fully saturated rings. The van der Waals surface area contributed by atoms with Crippen molar-refractivity contribution in [3.05, 3.63) is 21.4 Å². The van der Waals surface area contributed by atoms with E-state index in [0.29, 0.717) is 3.57 Å². The highest BCUT2D eigenvalue weighted by Crippen LogP contribution is 2.34. The van der Waals surface area contributed by atoms with Gasteiger partial charge in [0, 0.05) is 16.5 Å². The number of rotatable bonds is 1. The summed E-state index contributed by atoms with van der Waals surface area (Å²) in [6.45, 7) is -0.575. The largest absolute Gasteiger partial charge is 0.433 e. The summed E-state index contributed by atoms with van der Waals surface area (Å²) in [5.41, 5.74) is -1.06. The molecule has 0 unspecified atom stereocenters. The lowest BCUT2D eigenvalue weighted by atomic mass is 10.3. The van der Waals surface area contributed by atoms with Gasteiger partial charge in [-0.3, -0.25) is 0 Å². The molecule has 2 nitrogen and oxygen atoms in total. The van der Waals surface area contributed by atoms with Gasteiger partial charge in [0.25, 0.3) is 5.92 Å². The first-order valence-electron chi connectivity index (χ1n) is 5.05. The standard InChI is InChI=1S/C10H8F5IN2/c11-9(12)1-2-18(5-9)8-4-6(16)3-7(17-8)10(13,14)15/h3-4H,1-2,5H2. The summed E-state index contributed by atoms with van der Waals surface area (Å²) in [6.07, 6.45) is -4.93. The van der Waals surface area contributed by atoms with Gasteiger partial charge in [0.1, 0.15) is 11.5 Å². The third-order valence-electron chi connectivity index (χ3n) is 2.56. The van der Waals surface area contributed by atoms with Gasteiger partial charge >= 0.3 is 6.18 Å². The van der Waals surface area contributed by atoms with Gasteiger partial charge in [0.05, 0.1) is 6.54 Å². The maximum atomic E-state index is 13.0. The van der Waals surface area contributed by atoms with Crippen LogP contribution in [0.25, 0.3) is 0 Å². The van der Waals surface area contributed by atoms with E-state index in [1.807, 2.05) is 0 Å². The van der Waals surface area contributed by atoms with Gasteiger partial charge in [0.2, 0.25) is 0 Å². The second-order valence-corrected chi connectivity index (χ2v) is 5.30. The molecule has 8 heteroatoms. The Hall–Kier alpha value is -0.670. The Kier molecular flexibility index (Phi) is 3.41. The summed E-state index contributed by atoms with van der Waals surface area (Å²) < 4.78 is 64.0. The zero-order valence-corrected chi connectivity index (χ0v) is 11.1. The van der Waals surface area contributed by atoms with Crippen molar-refractivity contribution in [3.63, 3.8) is 0 Å². The first-order valence-corrected chi connectivity index (χ1v) is 6.13. The predicted molar refractivity (Wildman–Crippen MR) is 63.7 cm³/mol. The molecule has 0 amide bonds. The quantitative estimate of drug-likeness (QED) is 0.549. The molecule has 0 N–H and O–H groups in total. The van der Waals surface area contributed by atoms with Crippen LogP contribution in [-0.4, -0.2) is 24.0 Å². The second-order valence-electron chi connectivity index (χ2n) is 4.05. The molecule has 18 heavy (non-hydrogen) atoms. The fourth-order valence-electron chi connectivity index (χ4n) is 1.72. The van der Waals surface area contributed by atoms with Gasteiger partial charge in [-0.15, -0.1) is 0 Å². The van der Waals surface area contributed by atoms with Gasteiger partial charge < -0.3 is 4.90 Å². The van der Waals surface area contributed by atoms with Crippen molar-refractivity contribution in [2.45, 2.75) is 18.5 Å². The Morgan fingerprint density at radius 3 is 2.44 bits per heavy atom. The SMILES string of the molecule is FC1(F)CCN(c2cc(I)cc(C(F)(F)F)n2)C1. The van der Waals surface area contributed by atoms with Crippen LogP contribution in [0.1, 0.15) is 12.1 Å². The summed E-state index contributed by atoms with van der Waals surface area (Å²) >= 11 is 1.71. The van der Waals surface area contributed by atoms with Crippen LogP contribution in [0.5, 0.6) is 0 Å². The average Bonchev–Trinajstić information content (AvgIpc) is 2.56. The van der Waals surface area contributed by atoms with Gasteiger partial charge in [0.15, 0.2) is 0 Å². The number of hydrogen-bond donors (Lipinski definition) is 0. The fourth-order valence-corrected chi connectivity index (χ4v) is 2.30. The Morgan fingerprint density at radius 2 is 1.94 bits per heavy atom. The van der Waals surface area contributed by atoms with Crippen LogP contribution in [0.4, 0.5) is 27.8 Å². The molecular weight excluding hydrogens is 370 g/mol. The summed E-state index contributed by atoms with van der Waals surface area (Å²) in [6, 6.07) is 2.26. The molecule has 0 spiro atoms. The van der Waals surface area contributed by atoms with E-state index in [1.54, 1.807) is 22.6 Å². The second kappa shape index (κ2) is 4.46. The molecule has 0 radical (unpaired) electrons. The molecule has 0 aliphatic carbocycles. The topological polar surface area (TPSA) is 16.1 Å². The molecule has 1 saturated heterocycles. The first-order chi connectivity index (χ1) is 8.17. The normalized spacial score (nSPS) is 19.3. The Morgan fingerprint density at radius 1 is 1.28 bits per heavy atom. The van der Waals surface area contributed by atoms with Crippen molar-refractivity contribution in [3.8, 4) is 0 Å². The highest BCUT2D eigenvalue weighted by atomic mass is 127. The van der Waals surface area contributed by atoms with E-state index in [0.717, 1.165) is 6.07 Å². The van der Waals surface area contributed by atoms with Crippen LogP contribution in [0.15, 0.2) is 12.1 Å². The van der Waals surface area contributed by atoms with E-state index in [9.17, 15) is 22.0 Å². The molecule has 0 bridgehead atoms. The van der Waals surface area contributed by atoms with Gasteiger partial charge in [-0.2, -0.15) is 13.2 Å². The smallest absolute Gasteiger partial charge is 0.350 e. The van der Waals surface area contributed by atoms with E-state index in [4.69, 9.17) is 0 Å². The van der Waals surface area contributed by atoms with Crippen molar-refractivity contribution in [1.29, 1.82) is 0 Å². The number of anilines is 1. The Bertz CT molecular complexity index is 460. The molecule has 0 aromatic carbocycles. The average molecular weight is 378 g/mol. The molecule has 2 rings (SSSR count). The van der Waals surface area contributed by atoms with Gasteiger partial charge in [-0.05, 0) is 34.7 Å². The zero-order valence-electron chi connectivity index (χ0n) is 8.94. The highest BCUT2D eigenvalue weighted by Gasteiger charge is 2.40. The van der Waals surface area contributed by atoms with Crippen molar-refractivity contribution in [1.82, 2.24) is 4.98 Å². The Balaban J connectivity index is 2.32. The molecule has 0 saturated carbocycles. The van der Waals surface area contributed by atoms with Crippen LogP contribution in [0, 0.1) is 3.57 Å². The molecule has 0 atom stereocenters. The minimum atomic E-state index is -4.57. The van der Waals surface area contributed by atoms with Crippen molar-refractivity contribution >= 4 is 28.4 Å². The summed E-state index contributed by atoms with van der Waals surface area (Å²) in [4.78, 5) is 4.59. The zero-order chi connectivity index (χ0) is 13.6. The van der Waals surface area contributed by atoms with E-state index < -0.39 is 24.3 Å². The van der Waals surface area contributed by atoms with Crippen LogP contribution in [0.2, 0.25) is 0 Å². The number of hydrogen-bond acceptors (Lipinski definition) is 2. The van der Waals surface area contributed by atoms with Crippen LogP contribution >= 0.6 is 22.6 Å². The number of alkyl halides is 5. The minimum absolute atomic E-state index is 0.0113. The number of halogens is 6. The summed E-state index contributed by atoms with van der Waals surface area (Å²) in [5.74, 6) is -2.91. The minimum Gasteiger partial charge on any atom is -0.350 e. The number of aromatic nitrogens is 1. The number of pyridine rings is 1. The van der Waals surface area contributed by atoms with Crippen LogP contribution < -0.4 is 4.90 Å². The molecule has 1 aliphatic rings. The molecule has 1 aliphatic heterocycles. The fraction of sp³-hybridized carbons (Fsp3) is 0.500.